The van der Waals surface area contributed by atoms with Gasteiger partial charge in [0.2, 0.25) is 0 Å². The van der Waals surface area contributed by atoms with E-state index in [0.29, 0.717) is 0 Å². The number of rotatable bonds is 6. The molecule has 0 fully saturated rings. The van der Waals surface area contributed by atoms with Gasteiger partial charge >= 0.3 is 11.9 Å². The minimum atomic E-state index is -1.32. The van der Waals surface area contributed by atoms with Crippen LogP contribution in [0, 0.1) is 17.6 Å². The first-order valence-electron chi connectivity index (χ1n) is 5.03. The highest BCUT2D eigenvalue weighted by atomic mass is 19.1. The quantitative estimate of drug-likeness (QED) is 0.721. The SMILES string of the molecule is O=C(O)CC(CNc1cc(F)ccc1F)C(=O)O. The standard InChI is InChI=1S/C11H11F2NO4/c12-7-1-2-8(13)9(4-7)14-5-6(11(17)18)3-10(15)16/h1-2,4,6,14H,3,5H2,(H,15,16)(H,17,18). The molecule has 3 N–H and O–H groups in total. The number of nitrogens with one attached hydrogen (secondary N) is 1. The molecular formula is C11H11F2NO4. The van der Waals surface area contributed by atoms with E-state index in [9.17, 15) is 18.4 Å². The average Bonchev–Trinajstić information content (AvgIpc) is 2.27. The summed E-state index contributed by atoms with van der Waals surface area (Å²) >= 11 is 0. The molecule has 7 heteroatoms. The summed E-state index contributed by atoms with van der Waals surface area (Å²) < 4.78 is 26.0. The molecule has 18 heavy (non-hydrogen) atoms. The van der Waals surface area contributed by atoms with Crippen molar-refractivity contribution in [1.29, 1.82) is 0 Å². The zero-order valence-electron chi connectivity index (χ0n) is 9.19. The summed E-state index contributed by atoms with van der Waals surface area (Å²) in [6, 6.07) is 2.69. The van der Waals surface area contributed by atoms with Gasteiger partial charge in [0.15, 0.2) is 0 Å². The maximum Gasteiger partial charge on any atom is 0.308 e. The lowest BCUT2D eigenvalue weighted by atomic mass is 10.1. The molecule has 0 aliphatic heterocycles. The average molecular weight is 259 g/mol. The monoisotopic (exact) mass is 259 g/mol. The van der Waals surface area contributed by atoms with Crippen LogP contribution in [0.15, 0.2) is 18.2 Å². The molecule has 0 aromatic heterocycles. The number of benzene rings is 1. The smallest absolute Gasteiger partial charge is 0.308 e. The normalized spacial score (nSPS) is 11.9. The van der Waals surface area contributed by atoms with Crippen LogP contribution in [0.25, 0.3) is 0 Å². The molecular weight excluding hydrogens is 248 g/mol. The van der Waals surface area contributed by atoms with Gasteiger partial charge in [0, 0.05) is 6.54 Å². The summed E-state index contributed by atoms with van der Waals surface area (Å²) in [4.78, 5) is 21.2. The van der Waals surface area contributed by atoms with Crippen molar-refractivity contribution in [1.82, 2.24) is 0 Å². The molecule has 0 heterocycles. The van der Waals surface area contributed by atoms with Crippen molar-refractivity contribution in [2.24, 2.45) is 5.92 Å². The molecule has 98 valence electrons. The highest BCUT2D eigenvalue weighted by Crippen LogP contribution is 2.16. The zero-order valence-corrected chi connectivity index (χ0v) is 9.19. The Morgan fingerprint density at radius 1 is 1.28 bits per heavy atom. The van der Waals surface area contributed by atoms with E-state index in [2.05, 4.69) is 5.32 Å². The first-order chi connectivity index (χ1) is 8.40. The molecule has 5 nitrogen and oxygen atoms in total. The van der Waals surface area contributed by atoms with Crippen molar-refractivity contribution in [2.45, 2.75) is 6.42 Å². The van der Waals surface area contributed by atoms with Crippen LogP contribution in [0.3, 0.4) is 0 Å². The van der Waals surface area contributed by atoms with Crippen LogP contribution in [0.2, 0.25) is 0 Å². The van der Waals surface area contributed by atoms with Crippen molar-refractivity contribution in [3.8, 4) is 0 Å². The van der Waals surface area contributed by atoms with Gasteiger partial charge < -0.3 is 15.5 Å². The van der Waals surface area contributed by atoms with E-state index in [-0.39, 0.29) is 12.2 Å². The highest BCUT2D eigenvalue weighted by Gasteiger charge is 2.21. The fourth-order valence-corrected chi connectivity index (χ4v) is 1.32. The maximum absolute atomic E-state index is 13.2. The molecule has 0 saturated carbocycles. The summed E-state index contributed by atoms with van der Waals surface area (Å²) in [6.45, 7) is -0.304. The van der Waals surface area contributed by atoms with Crippen LogP contribution in [-0.4, -0.2) is 28.7 Å². The van der Waals surface area contributed by atoms with Gasteiger partial charge in [0.25, 0.3) is 0 Å². The number of hydrogen-bond acceptors (Lipinski definition) is 3. The highest BCUT2D eigenvalue weighted by molar-refractivity contribution is 5.78. The molecule has 1 aromatic rings. The van der Waals surface area contributed by atoms with Crippen molar-refractivity contribution in [2.75, 3.05) is 11.9 Å². The number of anilines is 1. The van der Waals surface area contributed by atoms with Gasteiger partial charge in [-0.25, -0.2) is 8.78 Å². The third kappa shape index (κ3) is 4.00. The van der Waals surface area contributed by atoms with E-state index in [0.717, 1.165) is 18.2 Å². The third-order valence-corrected chi connectivity index (χ3v) is 2.24. The summed E-state index contributed by atoms with van der Waals surface area (Å²) in [5.41, 5.74) is -0.202. The fourth-order valence-electron chi connectivity index (χ4n) is 1.32. The van der Waals surface area contributed by atoms with E-state index in [1.54, 1.807) is 0 Å². The summed E-state index contributed by atoms with van der Waals surface area (Å²) in [5.74, 6) is -5.23. The zero-order chi connectivity index (χ0) is 13.7. The lowest BCUT2D eigenvalue weighted by Gasteiger charge is -2.12. The second-order valence-electron chi connectivity index (χ2n) is 3.64. The molecule has 0 spiro atoms. The maximum atomic E-state index is 13.2. The van der Waals surface area contributed by atoms with Crippen LogP contribution in [0.1, 0.15) is 6.42 Å². The first kappa shape index (κ1) is 13.9. The van der Waals surface area contributed by atoms with Crippen molar-refractivity contribution in [3.63, 3.8) is 0 Å². The van der Waals surface area contributed by atoms with Gasteiger partial charge in [-0.15, -0.1) is 0 Å². The topological polar surface area (TPSA) is 86.6 Å². The van der Waals surface area contributed by atoms with Gasteiger partial charge in [-0.3, -0.25) is 9.59 Å². The molecule has 0 amide bonds. The Morgan fingerprint density at radius 3 is 2.50 bits per heavy atom. The van der Waals surface area contributed by atoms with Gasteiger partial charge in [0.05, 0.1) is 18.0 Å². The van der Waals surface area contributed by atoms with Gasteiger partial charge in [-0.1, -0.05) is 0 Å². The Morgan fingerprint density at radius 2 is 1.94 bits per heavy atom. The van der Waals surface area contributed by atoms with Crippen LogP contribution < -0.4 is 5.32 Å². The number of carboxylic acids is 2. The fraction of sp³-hybridized carbons (Fsp3) is 0.273. The molecule has 0 aliphatic carbocycles. The largest absolute Gasteiger partial charge is 0.481 e. The molecule has 1 rings (SSSR count). The molecule has 0 saturated heterocycles. The minimum absolute atomic E-state index is 0.202. The Balaban J connectivity index is 2.69. The number of carbonyl (C=O) groups is 2. The molecule has 1 unspecified atom stereocenters. The molecule has 1 aromatic carbocycles. The van der Waals surface area contributed by atoms with E-state index in [1.165, 1.54) is 0 Å². The van der Waals surface area contributed by atoms with Gasteiger partial charge in [-0.2, -0.15) is 0 Å². The molecule has 0 bridgehead atoms. The summed E-state index contributed by atoms with van der Waals surface area (Å²) in [7, 11) is 0. The van der Waals surface area contributed by atoms with E-state index in [4.69, 9.17) is 10.2 Å². The van der Waals surface area contributed by atoms with Gasteiger partial charge in [-0.05, 0) is 18.2 Å². The number of aliphatic carboxylic acids is 2. The Bertz CT molecular complexity index is 464. The van der Waals surface area contributed by atoms with E-state index < -0.39 is 35.9 Å². The summed E-state index contributed by atoms with van der Waals surface area (Å²) in [6.07, 6.45) is -0.598. The van der Waals surface area contributed by atoms with Crippen LogP contribution in [-0.2, 0) is 9.59 Å². The lowest BCUT2D eigenvalue weighted by molar-refractivity contribution is -0.147. The predicted octanol–water partition coefficient (Wildman–Crippen LogP) is 1.55. The predicted molar refractivity (Wildman–Crippen MR) is 58.2 cm³/mol. The second-order valence-corrected chi connectivity index (χ2v) is 3.64. The Labute approximate surface area is 101 Å². The van der Waals surface area contributed by atoms with Crippen LogP contribution in [0.5, 0.6) is 0 Å². The van der Waals surface area contributed by atoms with Gasteiger partial charge in [0.1, 0.15) is 11.6 Å². The first-order valence-corrected chi connectivity index (χ1v) is 5.03. The second kappa shape index (κ2) is 5.95. The molecule has 0 aliphatic rings. The van der Waals surface area contributed by atoms with Crippen molar-refractivity contribution in [3.05, 3.63) is 29.8 Å². The Hall–Kier alpha value is -2.18. The van der Waals surface area contributed by atoms with Crippen LogP contribution in [0.4, 0.5) is 14.5 Å². The Kier molecular flexibility index (Phi) is 4.59. The molecule has 1 atom stereocenters. The number of hydrogen-bond donors (Lipinski definition) is 3. The van der Waals surface area contributed by atoms with Crippen molar-refractivity contribution < 1.29 is 28.6 Å². The number of halogens is 2. The van der Waals surface area contributed by atoms with E-state index >= 15 is 0 Å². The van der Waals surface area contributed by atoms with E-state index in [1.807, 2.05) is 0 Å². The summed E-state index contributed by atoms with van der Waals surface area (Å²) in [5, 5.41) is 19.6. The molecule has 0 radical (unpaired) electrons. The minimum Gasteiger partial charge on any atom is -0.481 e. The number of carboxylic acid groups (broad SMARTS) is 2. The third-order valence-electron chi connectivity index (χ3n) is 2.24. The lowest BCUT2D eigenvalue weighted by Crippen LogP contribution is -2.25. The van der Waals surface area contributed by atoms with Crippen LogP contribution >= 0.6 is 0 Å². The van der Waals surface area contributed by atoms with Crippen molar-refractivity contribution >= 4 is 17.6 Å².